The second kappa shape index (κ2) is 7.66. The first-order valence-corrected chi connectivity index (χ1v) is 11.3. The van der Waals surface area contributed by atoms with E-state index in [2.05, 4.69) is 10.6 Å². The number of aromatic nitrogens is 1. The smallest absolute Gasteiger partial charge is 0.251 e. The molecule has 4 bridgehead atoms. The van der Waals surface area contributed by atoms with Crippen LogP contribution in [0.5, 0.6) is 0 Å². The molecule has 0 saturated heterocycles. The first-order chi connectivity index (χ1) is 14.9. The van der Waals surface area contributed by atoms with Crippen molar-refractivity contribution in [1.29, 1.82) is 0 Å². The summed E-state index contributed by atoms with van der Waals surface area (Å²) in [6.45, 7) is 1.79. The molecule has 4 fully saturated rings. The molecule has 2 N–H and O–H groups in total. The Bertz CT molecular complexity index is 1030. The number of carbonyl (C=O) groups is 2. The van der Waals surface area contributed by atoms with E-state index in [4.69, 9.17) is 0 Å². The number of hydrogen-bond acceptors (Lipinski definition) is 3. The Labute approximate surface area is 182 Å². The Morgan fingerprint density at radius 1 is 1.00 bits per heavy atom. The monoisotopic (exact) mass is 419 g/mol. The van der Waals surface area contributed by atoms with Gasteiger partial charge >= 0.3 is 0 Å². The van der Waals surface area contributed by atoms with Crippen molar-refractivity contribution in [2.75, 3.05) is 5.32 Å². The molecule has 0 unspecified atom stereocenters. The van der Waals surface area contributed by atoms with Crippen molar-refractivity contribution in [2.24, 2.45) is 17.8 Å². The topological polar surface area (TPSA) is 80.2 Å². The molecule has 0 aliphatic heterocycles. The summed E-state index contributed by atoms with van der Waals surface area (Å²) in [5.41, 5.74) is 1.87. The molecular weight excluding hydrogens is 390 g/mol. The third kappa shape index (κ3) is 4.16. The average Bonchev–Trinajstić information content (AvgIpc) is 2.69. The van der Waals surface area contributed by atoms with Gasteiger partial charge in [0.25, 0.3) is 11.5 Å². The summed E-state index contributed by atoms with van der Waals surface area (Å²) < 4.78 is 1.37. The van der Waals surface area contributed by atoms with Gasteiger partial charge in [0.15, 0.2) is 0 Å². The van der Waals surface area contributed by atoms with Crippen LogP contribution in [0.4, 0.5) is 5.69 Å². The highest BCUT2D eigenvalue weighted by atomic mass is 16.2. The average molecular weight is 420 g/mol. The van der Waals surface area contributed by atoms with Crippen LogP contribution in [-0.4, -0.2) is 21.9 Å². The SMILES string of the molecule is Cc1ccn(CC(=O)Nc2ccc(C(=O)NC34CC5CC(CC(C5)C3)C4)cc2)c(=O)c1. The molecular formula is C25H29N3O3. The molecule has 0 spiro atoms. The predicted octanol–water partition coefficient (Wildman–Crippen LogP) is 3.49. The number of rotatable bonds is 5. The molecule has 1 heterocycles. The lowest BCUT2D eigenvalue weighted by molar-refractivity contribution is -0.116. The third-order valence-electron chi connectivity index (χ3n) is 7.31. The number of nitrogens with zero attached hydrogens (tertiary/aromatic N) is 1. The second-order valence-corrected chi connectivity index (χ2v) is 9.95. The van der Waals surface area contributed by atoms with E-state index < -0.39 is 0 Å². The number of hydrogen-bond donors (Lipinski definition) is 2. The fourth-order valence-electron chi connectivity index (χ4n) is 6.37. The first-order valence-electron chi connectivity index (χ1n) is 11.3. The van der Waals surface area contributed by atoms with E-state index in [1.807, 2.05) is 6.92 Å². The Hall–Kier alpha value is -2.89. The van der Waals surface area contributed by atoms with Crippen molar-refractivity contribution < 1.29 is 9.59 Å². The van der Waals surface area contributed by atoms with E-state index in [9.17, 15) is 14.4 Å². The van der Waals surface area contributed by atoms with Gasteiger partial charge in [-0.15, -0.1) is 0 Å². The van der Waals surface area contributed by atoms with Crippen molar-refractivity contribution in [3.63, 3.8) is 0 Å². The second-order valence-electron chi connectivity index (χ2n) is 9.95. The first kappa shape index (κ1) is 20.0. The van der Waals surface area contributed by atoms with E-state index in [-0.39, 0.29) is 29.5 Å². The maximum absolute atomic E-state index is 12.9. The number of anilines is 1. The summed E-state index contributed by atoms with van der Waals surface area (Å²) in [5, 5.41) is 6.17. The normalized spacial score (nSPS) is 28.4. The van der Waals surface area contributed by atoms with E-state index >= 15 is 0 Å². The van der Waals surface area contributed by atoms with Crippen LogP contribution in [-0.2, 0) is 11.3 Å². The summed E-state index contributed by atoms with van der Waals surface area (Å²) in [6, 6.07) is 10.3. The Morgan fingerprint density at radius 2 is 1.61 bits per heavy atom. The molecule has 1 aromatic heterocycles. The van der Waals surface area contributed by atoms with Gasteiger partial charge < -0.3 is 15.2 Å². The van der Waals surface area contributed by atoms with Crippen molar-refractivity contribution >= 4 is 17.5 Å². The van der Waals surface area contributed by atoms with Gasteiger partial charge in [0.05, 0.1) is 0 Å². The maximum Gasteiger partial charge on any atom is 0.251 e. The Balaban J connectivity index is 1.20. The molecule has 6 heteroatoms. The minimum absolute atomic E-state index is 0.0139. The number of aryl methyl sites for hydroxylation is 1. The predicted molar refractivity (Wildman–Crippen MR) is 119 cm³/mol. The van der Waals surface area contributed by atoms with Crippen LogP contribution in [0.2, 0.25) is 0 Å². The molecule has 2 amide bonds. The van der Waals surface area contributed by atoms with Gasteiger partial charge in [-0.25, -0.2) is 0 Å². The Morgan fingerprint density at radius 3 is 2.19 bits per heavy atom. The molecule has 6 nitrogen and oxygen atoms in total. The van der Waals surface area contributed by atoms with E-state index in [0.717, 1.165) is 42.6 Å². The molecule has 4 aliphatic rings. The summed E-state index contributed by atoms with van der Waals surface area (Å²) in [6.07, 6.45) is 9.02. The van der Waals surface area contributed by atoms with Crippen LogP contribution in [0.3, 0.4) is 0 Å². The standard InChI is InChI=1S/C25H29N3O3/c1-16-6-7-28(23(30)8-16)15-22(29)26-21-4-2-20(3-5-21)24(31)27-25-12-17-9-18(13-25)11-19(10-17)14-25/h2-8,17-19H,9-15H2,1H3,(H,26,29)(H,27,31). The summed E-state index contributed by atoms with van der Waals surface area (Å²) in [4.78, 5) is 37.2. The quantitative estimate of drug-likeness (QED) is 0.779. The van der Waals surface area contributed by atoms with Crippen LogP contribution in [0.1, 0.15) is 54.4 Å². The molecule has 6 rings (SSSR count). The summed E-state index contributed by atoms with van der Waals surface area (Å²) >= 11 is 0. The Kier molecular flexibility index (Phi) is 4.95. The van der Waals surface area contributed by atoms with Crippen LogP contribution in [0.15, 0.2) is 47.4 Å². The minimum atomic E-state index is -0.281. The van der Waals surface area contributed by atoms with Crippen molar-refractivity contribution in [2.45, 2.75) is 57.5 Å². The largest absolute Gasteiger partial charge is 0.347 e. The number of nitrogens with one attached hydrogen (secondary N) is 2. The molecule has 162 valence electrons. The molecule has 1 aromatic carbocycles. The highest BCUT2D eigenvalue weighted by Crippen LogP contribution is 2.55. The van der Waals surface area contributed by atoms with Gasteiger partial charge in [0, 0.05) is 29.1 Å². The number of amides is 2. The lowest BCUT2D eigenvalue weighted by atomic mass is 9.53. The molecule has 2 aromatic rings. The lowest BCUT2D eigenvalue weighted by Gasteiger charge is -2.56. The zero-order valence-electron chi connectivity index (χ0n) is 17.9. The van der Waals surface area contributed by atoms with Gasteiger partial charge in [-0.05, 0) is 99.1 Å². The van der Waals surface area contributed by atoms with Crippen LogP contribution in [0, 0.1) is 24.7 Å². The van der Waals surface area contributed by atoms with E-state index in [1.165, 1.54) is 29.9 Å². The summed E-state index contributed by atoms with van der Waals surface area (Å²) in [7, 11) is 0. The van der Waals surface area contributed by atoms with Crippen molar-refractivity contribution in [1.82, 2.24) is 9.88 Å². The zero-order chi connectivity index (χ0) is 21.6. The zero-order valence-corrected chi connectivity index (χ0v) is 17.9. The maximum atomic E-state index is 12.9. The van der Waals surface area contributed by atoms with Gasteiger partial charge in [0.2, 0.25) is 5.91 Å². The van der Waals surface area contributed by atoms with E-state index in [0.29, 0.717) is 11.3 Å². The van der Waals surface area contributed by atoms with Gasteiger partial charge in [-0.1, -0.05) is 0 Å². The van der Waals surface area contributed by atoms with Crippen molar-refractivity contribution in [3.05, 3.63) is 64.1 Å². The van der Waals surface area contributed by atoms with Crippen LogP contribution >= 0.6 is 0 Å². The van der Waals surface area contributed by atoms with Gasteiger partial charge in [0.1, 0.15) is 6.54 Å². The molecule has 0 radical (unpaired) electrons. The fourth-order valence-corrected chi connectivity index (χ4v) is 6.37. The van der Waals surface area contributed by atoms with Crippen LogP contribution in [0.25, 0.3) is 0 Å². The number of benzene rings is 1. The third-order valence-corrected chi connectivity index (χ3v) is 7.31. The lowest BCUT2D eigenvalue weighted by Crippen LogP contribution is -2.59. The minimum Gasteiger partial charge on any atom is -0.347 e. The van der Waals surface area contributed by atoms with Crippen LogP contribution < -0.4 is 16.2 Å². The van der Waals surface area contributed by atoms with Crippen molar-refractivity contribution in [3.8, 4) is 0 Å². The van der Waals surface area contributed by atoms with E-state index in [1.54, 1.807) is 36.5 Å². The fraction of sp³-hybridized carbons (Fsp3) is 0.480. The van der Waals surface area contributed by atoms with Gasteiger partial charge in [-0.3, -0.25) is 14.4 Å². The molecule has 0 atom stereocenters. The van der Waals surface area contributed by atoms with Gasteiger partial charge in [-0.2, -0.15) is 0 Å². The highest BCUT2D eigenvalue weighted by Gasteiger charge is 2.51. The summed E-state index contributed by atoms with van der Waals surface area (Å²) in [5.74, 6) is 2.04. The number of pyridine rings is 1. The molecule has 4 saturated carbocycles. The highest BCUT2D eigenvalue weighted by molar-refractivity contribution is 5.96. The number of carbonyl (C=O) groups excluding carboxylic acids is 2. The molecule has 31 heavy (non-hydrogen) atoms. The molecule has 4 aliphatic carbocycles.